The molecule has 0 saturated heterocycles. The van der Waals surface area contributed by atoms with Gasteiger partial charge in [-0.2, -0.15) is 5.10 Å². The summed E-state index contributed by atoms with van der Waals surface area (Å²) in [6, 6.07) is 1.86. The summed E-state index contributed by atoms with van der Waals surface area (Å²) in [4.78, 5) is 0. The topological polar surface area (TPSA) is 130 Å². The molecule has 0 unspecified atom stereocenters. The molecular weight excluding hydrogens is 392 g/mol. The molecule has 1 aromatic rings. The first-order chi connectivity index (χ1) is 14.6. The molecule has 7 nitrogen and oxygen atoms in total. The minimum atomic E-state index is -1.04. The Morgan fingerprint density at radius 2 is 1.87 bits per heavy atom. The normalized spacial score (nSPS) is 48.0. The zero-order chi connectivity index (χ0) is 22.1. The van der Waals surface area contributed by atoms with E-state index in [9.17, 15) is 10.2 Å². The molecule has 4 fully saturated rings. The fourth-order valence-corrected chi connectivity index (χ4v) is 8.23. The molecule has 0 bridgehead atoms. The fourth-order valence-electron chi connectivity index (χ4n) is 8.23. The quantitative estimate of drug-likeness (QED) is 0.326. The van der Waals surface area contributed by atoms with E-state index < -0.39 is 16.6 Å². The van der Waals surface area contributed by atoms with Crippen molar-refractivity contribution in [3.63, 3.8) is 0 Å². The van der Waals surface area contributed by atoms with Crippen LogP contribution in [0.1, 0.15) is 77.2 Å². The van der Waals surface area contributed by atoms with Crippen LogP contribution >= 0.6 is 0 Å². The summed E-state index contributed by atoms with van der Waals surface area (Å²) in [5.74, 6) is 1.22. The van der Waals surface area contributed by atoms with E-state index in [1.54, 1.807) is 12.5 Å². The highest BCUT2D eigenvalue weighted by Gasteiger charge is 2.72. The number of hydrogen-bond acceptors (Lipinski definition) is 5. The molecule has 6 N–H and O–H groups in total. The monoisotopic (exact) mass is 428 g/mol. The molecule has 4 aliphatic carbocycles. The number of hydrogen-bond donors (Lipinski definition) is 4. The Hall–Kier alpha value is -1.86. The summed E-state index contributed by atoms with van der Waals surface area (Å²) in [7, 11) is 0. The summed E-state index contributed by atoms with van der Waals surface area (Å²) in [5.41, 5.74) is 10.5. The summed E-state index contributed by atoms with van der Waals surface area (Å²) in [6.07, 6.45) is 11.3. The predicted octanol–water partition coefficient (Wildman–Crippen LogP) is 3.25. The van der Waals surface area contributed by atoms with Crippen molar-refractivity contribution in [3.8, 4) is 0 Å². The number of aliphatic hydroxyl groups is 2. The van der Waals surface area contributed by atoms with Crippen LogP contribution < -0.4 is 11.5 Å². The number of furan rings is 1. The molecule has 0 aromatic carbocycles. The second-order valence-electron chi connectivity index (χ2n) is 11.1. The average molecular weight is 429 g/mol. The highest BCUT2D eigenvalue weighted by Crippen LogP contribution is 2.71. The Labute approximate surface area is 184 Å². The highest BCUT2D eigenvalue weighted by molar-refractivity contribution is 5.86. The maximum atomic E-state index is 12.2. The van der Waals surface area contributed by atoms with E-state index in [0.717, 1.165) is 56.2 Å². The van der Waals surface area contributed by atoms with Crippen LogP contribution in [0.3, 0.4) is 0 Å². The maximum absolute atomic E-state index is 12.2. The first-order valence-electron chi connectivity index (χ1n) is 11.8. The SMILES string of the molecule is C[C@]12CCC(=NN=C(N)N)C[C@@H]1CC[C@@H]1[C@@H]2CC[C@]2(C)[C@@](O)(c3ccoc3)CC[C@]12O. The molecule has 1 aromatic heterocycles. The number of nitrogens with two attached hydrogens (primary N) is 2. The lowest BCUT2D eigenvalue weighted by Crippen LogP contribution is -2.64. The maximum Gasteiger partial charge on any atom is 0.211 e. The van der Waals surface area contributed by atoms with E-state index in [4.69, 9.17) is 15.9 Å². The summed E-state index contributed by atoms with van der Waals surface area (Å²) < 4.78 is 5.31. The van der Waals surface area contributed by atoms with Gasteiger partial charge >= 0.3 is 0 Å². The van der Waals surface area contributed by atoms with Gasteiger partial charge in [-0.15, -0.1) is 5.10 Å². The second-order valence-corrected chi connectivity index (χ2v) is 11.1. The molecule has 7 heteroatoms. The Bertz CT molecular complexity index is 910. The lowest BCUT2D eigenvalue weighted by atomic mass is 9.43. The van der Waals surface area contributed by atoms with Crippen molar-refractivity contribution >= 4 is 11.7 Å². The first-order valence-corrected chi connectivity index (χ1v) is 11.8. The van der Waals surface area contributed by atoms with Crippen LogP contribution in [0.15, 0.2) is 33.2 Å². The minimum Gasteiger partial charge on any atom is -0.472 e. The van der Waals surface area contributed by atoms with Crippen LogP contribution in [0.2, 0.25) is 0 Å². The molecule has 0 spiro atoms. The van der Waals surface area contributed by atoms with Crippen molar-refractivity contribution in [1.82, 2.24) is 0 Å². The lowest BCUT2D eigenvalue weighted by Gasteiger charge is -2.64. The summed E-state index contributed by atoms with van der Waals surface area (Å²) in [6.45, 7) is 4.54. The molecule has 0 amide bonds. The summed E-state index contributed by atoms with van der Waals surface area (Å²) in [5, 5.41) is 32.2. The van der Waals surface area contributed by atoms with Gasteiger partial charge < -0.3 is 26.1 Å². The van der Waals surface area contributed by atoms with Gasteiger partial charge in [0, 0.05) is 16.7 Å². The van der Waals surface area contributed by atoms with Gasteiger partial charge in [-0.05, 0) is 87.0 Å². The van der Waals surface area contributed by atoms with Crippen LogP contribution in [0.4, 0.5) is 0 Å². The third-order valence-corrected chi connectivity index (χ3v) is 10.1. The molecule has 31 heavy (non-hydrogen) atoms. The van der Waals surface area contributed by atoms with Crippen LogP contribution in [0.5, 0.6) is 0 Å². The largest absolute Gasteiger partial charge is 0.472 e. The van der Waals surface area contributed by atoms with Crippen molar-refractivity contribution in [2.75, 3.05) is 0 Å². The smallest absolute Gasteiger partial charge is 0.211 e. The Morgan fingerprint density at radius 3 is 2.58 bits per heavy atom. The zero-order valence-electron chi connectivity index (χ0n) is 18.7. The van der Waals surface area contributed by atoms with E-state index in [2.05, 4.69) is 24.1 Å². The standard InChI is InChI=1S/C24H36N4O3/c1-21-8-5-17(27-28-20(25)26)13-15(21)3-4-19-18(21)6-9-22(2)23(29,10-11-24(19,22)30)16-7-12-31-14-16/h7,12,14-15,18-19,29-30H,3-6,8-11,13H2,1-2H3,(H4,25,26,28)/t15-,18-,19+,21-,22+,23-,24-/m0/s1. The van der Waals surface area contributed by atoms with E-state index in [1.807, 2.05) is 6.07 Å². The Kier molecular flexibility index (Phi) is 4.62. The average Bonchev–Trinajstić information content (AvgIpc) is 3.34. The third kappa shape index (κ3) is 2.72. The van der Waals surface area contributed by atoms with Crippen molar-refractivity contribution in [3.05, 3.63) is 24.2 Å². The first kappa shape index (κ1) is 21.0. The van der Waals surface area contributed by atoms with Gasteiger partial charge in [0.25, 0.3) is 0 Å². The van der Waals surface area contributed by atoms with Crippen molar-refractivity contribution in [2.45, 2.75) is 82.8 Å². The van der Waals surface area contributed by atoms with Gasteiger partial charge in [-0.25, -0.2) is 0 Å². The molecule has 170 valence electrons. The third-order valence-electron chi connectivity index (χ3n) is 10.1. The van der Waals surface area contributed by atoms with Crippen LogP contribution in [0, 0.1) is 28.6 Å². The van der Waals surface area contributed by atoms with Crippen LogP contribution in [0.25, 0.3) is 0 Å². The molecular formula is C24H36N4O3. The van der Waals surface area contributed by atoms with Gasteiger partial charge in [-0.1, -0.05) is 13.8 Å². The molecule has 1 heterocycles. The molecule has 4 saturated carbocycles. The number of nitrogens with zero attached hydrogens (tertiary/aromatic N) is 2. The van der Waals surface area contributed by atoms with E-state index in [-0.39, 0.29) is 17.3 Å². The highest BCUT2D eigenvalue weighted by atomic mass is 16.3. The Balaban J connectivity index is 1.44. The van der Waals surface area contributed by atoms with Gasteiger partial charge in [0.1, 0.15) is 5.60 Å². The van der Waals surface area contributed by atoms with E-state index in [1.165, 1.54) is 0 Å². The van der Waals surface area contributed by atoms with Gasteiger partial charge in [0.15, 0.2) is 0 Å². The van der Waals surface area contributed by atoms with Crippen LogP contribution in [-0.4, -0.2) is 27.5 Å². The van der Waals surface area contributed by atoms with Gasteiger partial charge in [0.05, 0.1) is 18.1 Å². The lowest BCUT2D eigenvalue weighted by molar-refractivity contribution is -0.233. The van der Waals surface area contributed by atoms with Crippen molar-refractivity contribution < 1.29 is 14.6 Å². The predicted molar refractivity (Wildman–Crippen MR) is 119 cm³/mol. The van der Waals surface area contributed by atoms with E-state index in [0.29, 0.717) is 24.7 Å². The summed E-state index contributed by atoms with van der Waals surface area (Å²) >= 11 is 0. The number of rotatable bonds is 2. The van der Waals surface area contributed by atoms with Gasteiger partial charge in [-0.3, -0.25) is 0 Å². The zero-order valence-corrected chi connectivity index (χ0v) is 18.7. The fraction of sp³-hybridized carbons (Fsp3) is 0.750. The molecule has 0 radical (unpaired) electrons. The minimum absolute atomic E-state index is 0.00433. The molecule has 4 aliphatic rings. The van der Waals surface area contributed by atoms with Gasteiger partial charge in [0.2, 0.25) is 5.96 Å². The molecule has 7 atom stereocenters. The Morgan fingerprint density at radius 1 is 1.06 bits per heavy atom. The van der Waals surface area contributed by atoms with E-state index >= 15 is 0 Å². The van der Waals surface area contributed by atoms with Crippen molar-refractivity contribution in [2.24, 2.45) is 50.3 Å². The van der Waals surface area contributed by atoms with Crippen LogP contribution in [-0.2, 0) is 5.60 Å². The number of fused-ring (bicyclic) bond motifs is 5. The second kappa shape index (κ2) is 6.82. The molecule has 5 rings (SSSR count). The molecule has 0 aliphatic heterocycles. The van der Waals surface area contributed by atoms with Crippen molar-refractivity contribution in [1.29, 1.82) is 0 Å². The number of guanidine groups is 1.